The molecule has 0 saturated carbocycles. The topological polar surface area (TPSA) is 41.6 Å². The molecule has 1 aromatic carbocycles. The van der Waals surface area contributed by atoms with E-state index in [-0.39, 0.29) is 29.8 Å². The zero-order chi connectivity index (χ0) is 14.9. The van der Waals surface area contributed by atoms with Crippen LogP contribution in [-0.2, 0) is 4.79 Å². The fourth-order valence-electron chi connectivity index (χ4n) is 2.33. The van der Waals surface area contributed by atoms with Crippen LogP contribution in [0.5, 0.6) is 5.75 Å². The van der Waals surface area contributed by atoms with Crippen LogP contribution in [0.4, 0.5) is 8.78 Å². The highest BCUT2D eigenvalue weighted by Gasteiger charge is 2.38. The Morgan fingerprint density at radius 2 is 1.85 bits per heavy atom. The molecule has 1 heterocycles. The van der Waals surface area contributed by atoms with E-state index < -0.39 is 6.61 Å². The van der Waals surface area contributed by atoms with Crippen molar-refractivity contribution < 1.29 is 18.3 Å². The number of alkyl halides is 2. The number of ether oxygens (including phenoxy) is 1. The molecule has 0 aromatic heterocycles. The number of likely N-dealkylation sites (N-methyl/N-ethyl adjacent to an activating group) is 1. The molecule has 1 saturated heterocycles. The van der Waals surface area contributed by atoms with Crippen molar-refractivity contribution in [3.05, 3.63) is 29.8 Å². The van der Waals surface area contributed by atoms with Crippen LogP contribution in [-0.4, -0.2) is 30.5 Å². The first kappa shape index (κ1) is 14.7. The summed E-state index contributed by atoms with van der Waals surface area (Å²) in [5, 5.41) is 3.25. The molecular weight excluding hydrogens is 266 g/mol. The molecule has 2 atom stereocenters. The second-order valence-electron chi connectivity index (χ2n) is 5.19. The molecule has 2 rings (SSSR count). The van der Waals surface area contributed by atoms with Crippen LogP contribution in [0.2, 0.25) is 0 Å². The molecule has 4 nitrogen and oxygen atoms in total. The average molecular weight is 284 g/mol. The van der Waals surface area contributed by atoms with Crippen molar-refractivity contribution in [3.63, 3.8) is 0 Å². The predicted octanol–water partition coefficient (Wildman–Crippen LogP) is 2.37. The molecule has 6 heteroatoms. The van der Waals surface area contributed by atoms with Crippen molar-refractivity contribution >= 4 is 5.91 Å². The lowest BCUT2D eigenvalue weighted by Gasteiger charge is -2.20. The van der Waals surface area contributed by atoms with Crippen LogP contribution < -0.4 is 10.1 Å². The van der Waals surface area contributed by atoms with Crippen LogP contribution in [0.25, 0.3) is 0 Å². The van der Waals surface area contributed by atoms with Crippen LogP contribution in [0, 0.1) is 5.92 Å². The van der Waals surface area contributed by atoms with Gasteiger partial charge in [0.2, 0.25) is 5.91 Å². The van der Waals surface area contributed by atoms with Gasteiger partial charge in [-0.1, -0.05) is 26.0 Å². The molecule has 1 fully saturated rings. The highest BCUT2D eigenvalue weighted by molar-refractivity contribution is 5.84. The van der Waals surface area contributed by atoms with E-state index in [2.05, 4.69) is 10.1 Å². The quantitative estimate of drug-likeness (QED) is 0.923. The zero-order valence-corrected chi connectivity index (χ0v) is 11.6. The van der Waals surface area contributed by atoms with Crippen molar-refractivity contribution in [1.82, 2.24) is 10.2 Å². The highest BCUT2D eigenvalue weighted by Crippen LogP contribution is 2.28. The third kappa shape index (κ3) is 2.90. The number of rotatable bonds is 4. The van der Waals surface area contributed by atoms with E-state index in [0.29, 0.717) is 0 Å². The predicted molar refractivity (Wildman–Crippen MR) is 70.3 cm³/mol. The summed E-state index contributed by atoms with van der Waals surface area (Å²) < 4.78 is 28.5. The second-order valence-corrected chi connectivity index (χ2v) is 5.19. The number of nitrogens with zero attached hydrogens (tertiary/aromatic N) is 1. The molecule has 1 aromatic rings. The minimum absolute atomic E-state index is 0.0397. The minimum atomic E-state index is -2.83. The third-order valence-electron chi connectivity index (χ3n) is 3.43. The lowest BCUT2D eigenvalue weighted by molar-refractivity contribution is -0.129. The Balaban J connectivity index is 2.14. The van der Waals surface area contributed by atoms with E-state index in [1.54, 1.807) is 24.1 Å². The van der Waals surface area contributed by atoms with Gasteiger partial charge in [0.15, 0.2) is 0 Å². The maximum atomic E-state index is 12.1. The number of amides is 1. The Morgan fingerprint density at radius 1 is 1.25 bits per heavy atom. The van der Waals surface area contributed by atoms with Gasteiger partial charge >= 0.3 is 6.61 Å². The molecule has 1 amide bonds. The van der Waals surface area contributed by atoms with Crippen molar-refractivity contribution in [2.24, 2.45) is 5.92 Å². The first-order valence-electron chi connectivity index (χ1n) is 6.47. The van der Waals surface area contributed by atoms with Gasteiger partial charge in [0.05, 0.1) is 6.04 Å². The summed E-state index contributed by atoms with van der Waals surface area (Å²) in [7, 11) is 1.73. The number of carbonyl (C=O) groups is 1. The van der Waals surface area contributed by atoms with Crippen molar-refractivity contribution in [3.8, 4) is 5.75 Å². The van der Waals surface area contributed by atoms with Crippen LogP contribution >= 0.6 is 0 Å². The summed E-state index contributed by atoms with van der Waals surface area (Å²) in [5.41, 5.74) is 0.839. The number of hydrogen-bond donors (Lipinski definition) is 1. The number of nitrogens with one attached hydrogen (secondary N) is 1. The Labute approximate surface area is 116 Å². The molecule has 0 bridgehead atoms. The lowest BCUT2D eigenvalue weighted by atomic mass is 10.1. The van der Waals surface area contributed by atoms with E-state index in [0.717, 1.165) is 5.56 Å². The Hall–Kier alpha value is -1.69. The minimum Gasteiger partial charge on any atom is -0.435 e. The summed E-state index contributed by atoms with van der Waals surface area (Å²) in [5.74, 6) is 0.338. The van der Waals surface area contributed by atoms with E-state index in [1.807, 2.05) is 13.8 Å². The van der Waals surface area contributed by atoms with Gasteiger partial charge in [-0.3, -0.25) is 10.1 Å². The SMILES string of the molecule is CC(C)C1NC(c2ccc(OC(F)F)cc2)N(C)C1=O. The fraction of sp³-hybridized carbons (Fsp3) is 0.500. The van der Waals surface area contributed by atoms with Crippen molar-refractivity contribution in [2.75, 3.05) is 7.05 Å². The third-order valence-corrected chi connectivity index (χ3v) is 3.43. The highest BCUT2D eigenvalue weighted by atomic mass is 19.3. The average Bonchev–Trinajstić information content (AvgIpc) is 2.67. The molecule has 110 valence electrons. The zero-order valence-electron chi connectivity index (χ0n) is 11.6. The van der Waals surface area contributed by atoms with Gasteiger partial charge in [0, 0.05) is 7.05 Å². The maximum Gasteiger partial charge on any atom is 0.387 e. The summed E-state index contributed by atoms with van der Waals surface area (Å²) in [6, 6.07) is 6.10. The summed E-state index contributed by atoms with van der Waals surface area (Å²) in [4.78, 5) is 13.7. The first-order valence-corrected chi connectivity index (χ1v) is 6.47. The summed E-state index contributed by atoms with van der Waals surface area (Å²) in [6.45, 7) is 1.12. The van der Waals surface area contributed by atoms with Crippen LogP contribution in [0.15, 0.2) is 24.3 Å². The summed E-state index contributed by atoms with van der Waals surface area (Å²) >= 11 is 0. The van der Waals surface area contributed by atoms with Gasteiger partial charge < -0.3 is 9.64 Å². The van der Waals surface area contributed by atoms with Gasteiger partial charge in [0.1, 0.15) is 11.9 Å². The van der Waals surface area contributed by atoms with Crippen molar-refractivity contribution in [2.45, 2.75) is 32.7 Å². The summed E-state index contributed by atoms with van der Waals surface area (Å²) in [6.07, 6.45) is -0.240. The van der Waals surface area contributed by atoms with E-state index in [1.165, 1.54) is 12.1 Å². The monoisotopic (exact) mass is 284 g/mol. The van der Waals surface area contributed by atoms with Crippen LogP contribution in [0.3, 0.4) is 0 Å². The van der Waals surface area contributed by atoms with E-state index >= 15 is 0 Å². The van der Waals surface area contributed by atoms with E-state index in [4.69, 9.17) is 0 Å². The maximum absolute atomic E-state index is 12.1. The largest absolute Gasteiger partial charge is 0.435 e. The van der Waals surface area contributed by atoms with Crippen LogP contribution in [0.1, 0.15) is 25.6 Å². The Morgan fingerprint density at radius 3 is 2.30 bits per heavy atom. The van der Waals surface area contributed by atoms with Gasteiger partial charge in [-0.25, -0.2) is 0 Å². The van der Waals surface area contributed by atoms with Gasteiger partial charge in [-0.15, -0.1) is 0 Å². The van der Waals surface area contributed by atoms with Gasteiger partial charge in [-0.2, -0.15) is 8.78 Å². The lowest BCUT2D eigenvalue weighted by Crippen LogP contribution is -2.33. The van der Waals surface area contributed by atoms with Crippen molar-refractivity contribution in [1.29, 1.82) is 0 Å². The smallest absolute Gasteiger partial charge is 0.387 e. The Bertz CT molecular complexity index is 477. The first-order chi connectivity index (χ1) is 9.40. The number of hydrogen-bond acceptors (Lipinski definition) is 3. The molecule has 1 N–H and O–H groups in total. The molecule has 0 spiro atoms. The normalized spacial score (nSPS) is 22.9. The van der Waals surface area contributed by atoms with E-state index in [9.17, 15) is 13.6 Å². The molecule has 0 aliphatic carbocycles. The number of benzene rings is 1. The molecular formula is C14H18F2N2O2. The number of halogens is 2. The molecule has 20 heavy (non-hydrogen) atoms. The molecule has 1 aliphatic rings. The molecule has 1 aliphatic heterocycles. The van der Waals surface area contributed by atoms with Gasteiger partial charge in [-0.05, 0) is 23.6 Å². The fourth-order valence-corrected chi connectivity index (χ4v) is 2.33. The second kappa shape index (κ2) is 5.75. The molecule has 2 unspecified atom stereocenters. The Kier molecular flexibility index (Phi) is 4.23. The van der Waals surface area contributed by atoms with Gasteiger partial charge in [0.25, 0.3) is 0 Å². The molecule has 0 radical (unpaired) electrons. The standard InChI is InChI=1S/C14H18F2N2O2/c1-8(2)11-13(19)18(3)12(17-11)9-4-6-10(7-5-9)20-14(15)16/h4-8,11-12,14,17H,1-3H3. The number of carbonyl (C=O) groups excluding carboxylic acids is 1.